The third kappa shape index (κ3) is 0.920. The molecule has 9 heavy (non-hydrogen) atoms. The van der Waals surface area contributed by atoms with Gasteiger partial charge in [-0.2, -0.15) is 0 Å². The molecule has 0 bridgehead atoms. The minimum absolute atomic E-state index is 0.164. The number of likely N-dealkylation sites (N-methyl/N-ethyl adjacent to an activating group) is 1. The predicted octanol–water partition coefficient (Wildman–Crippen LogP) is -0.401. The molecule has 0 radical (unpaired) electrons. The molecular weight excluding hydrogens is 118 g/mol. The van der Waals surface area contributed by atoms with Crippen molar-refractivity contribution in [3.8, 4) is 0 Å². The molecule has 0 unspecified atom stereocenters. The van der Waals surface area contributed by atoms with Crippen LogP contribution in [0, 0.1) is 0 Å². The summed E-state index contributed by atoms with van der Waals surface area (Å²) in [5.41, 5.74) is -1.09. The van der Waals surface area contributed by atoms with Crippen LogP contribution in [0.1, 0.15) is 13.3 Å². The number of hydrogen-bond donors (Lipinski definition) is 1. The van der Waals surface area contributed by atoms with Gasteiger partial charge in [-0.05, 0) is 6.92 Å². The zero-order valence-electron chi connectivity index (χ0n) is 5.72. The van der Waals surface area contributed by atoms with Gasteiger partial charge in [-0.1, -0.05) is 0 Å². The van der Waals surface area contributed by atoms with Crippen molar-refractivity contribution in [2.24, 2.45) is 0 Å². The molecule has 3 heteroatoms. The predicted molar refractivity (Wildman–Crippen MR) is 32.9 cm³/mol. The van der Waals surface area contributed by atoms with Crippen molar-refractivity contribution >= 4 is 5.91 Å². The third-order valence-electron chi connectivity index (χ3n) is 1.74. The molecule has 0 saturated carbocycles. The van der Waals surface area contributed by atoms with E-state index in [1.54, 1.807) is 18.9 Å². The Labute approximate surface area is 54.3 Å². The van der Waals surface area contributed by atoms with E-state index in [1.165, 1.54) is 0 Å². The van der Waals surface area contributed by atoms with Gasteiger partial charge < -0.3 is 10.0 Å². The first-order valence-corrected chi connectivity index (χ1v) is 3.02. The normalized spacial score (nSPS) is 35.9. The van der Waals surface area contributed by atoms with Crippen molar-refractivity contribution in [1.82, 2.24) is 4.90 Å². The number of likely N-dealkylation sites (tertiary alicyclic amines) is 1. The zero-order chi connectivity index (χ0) is 7.07. The summed E-state index contributed by atoms with van der Waals surface area (Å²) in [6.45, 7) is 2.23. The Balaban J connectivity index is 2.74. The lowest BCUT2D eigenvalue weighted by atomic mass is 10.1. The van der Waals surface area contributed by atoms with Crippen LogP contribution in [0.2, 0.25) is 0 Å². The van der Waals surface area contributed by atoms with Crippen molar-refractivity contribution in [3.05, 3.63) is 0 Å². The lowest BCUT2D eigenvalue weighted by molar-refractivity contribution is -0.140. The van der Waals surface area contributed by atoms with E-state index in [1.807, 2.05) is 0 Å². The van der Waals surface area contributed by atoms with Crippen LogP contribution in [0.3, 0.4) is 0 Å². The Bertz CT molecular complexity index is 142. The van der Waals surface area contributed by atoms with E-state index >= 15 is 0 Å². The minimum atomic E-state index is -1.09. The molecule has 1 atom stereocenters. The average Bonchev–Trinajstić information content (AvgIpc) is 1.97. The quantitative estimate of drug-likeness (QED) is 0.483. The first-order valence-electron chi connectivity index (χ1n) is 3.02. The number of carbonyl (C=O) groups excluding carboxylic acids is 1. The molecule has 1 amide bonds. The molecule has 1 saturated heterocycles. The van der Waals surface area contributed by atoms with Crippen LogP contribution in [-0.2, 0) is 4.79 Å². The van der Waals surface area contributed by atoms with E-state index in [2.05, 4.69) is 0 Å². The van der Waals surface area contributed by atoms with Crippen molar-refractivity contribution in [2.45, 2.75) is 18.9 Å². The monoisotopic (exact) mass is 129 g/mol. The maximum Gasteiger partial charge on any atom is 0.254 e. The van der Waals surface area contributed by atoms with Crippen LogP contribution in [0.4, 0.5) is 0 Å². The van der Waals surface area contributed by atoms with E-state index in [0.29, 0.717) is 13.0 Å². The van der Waals surface area contributed by atoms with Crippen molar-refractivity contribution in [1.29, 1.82) is 0 Å². The summed E-state index contributed by atoms with van der Waals surface area (Å²) >= 11 is 0. The molecule has 0 aromatic carbocycles. The number of aliphatic hydroxyl groups is 1. The molecule has 0 aromatic heterocycles. The maximum absolute atomic E-state index is 10.9. The van der Waals surface area contributed by atoms with E-state index < -0.39 is 5.60 Å². The van der Waals surface area contributed by atoms with Gasteiger partial charge in [0.2, 0.25) is 0 Å². The van der Waals surface area contributed by atoms with Gasteiger partial charge in [0.15, 0.2) is 0 Å². The smallest absolute Gasteiger partial charge is 0.254 e. The van der Waals surface area contributed by atoms with Crippen molar-refractivity contribution < 1.29 is 9.90 Å². The van der Waals surface area contributed by atoms with E-state index in [4.69, 9.17) is 0 Å². The molecule has 0 spiro atoms. The second-order valence-corrected chi connectivity index (χ2v) is 2.75. The molecule has 1 aliphatic rings. The first-order chi connectivity index (χ1) is 4.04. The summed E-state index contributed by atoms with van der Waals surface area (Å²) in [6, 6.07) is 0. The van der Waals surface area contributed by atoms with Crippen LogP contribution in [0.5, 0.6) is 0 Å². The van der Waals surface area contributed by atoms with Gasteiger partial charge in [0, 0.05) is 20.0 Å². The highest BCUT2D eigenvalue weighted by Gasteiger charge is 2.38. The molecule has 1 rings (SSSR count). The average molecular weight is 129 g/mol. The fourth-order valence-corrected chi connectivity index (χ4v) is 1.01. The summed E-state index contributed by atoms with van der Waals surface area (Å²) in [7, 11) is 1.70. The molecule has 0 aliphatic carbocycles. The van der Waals surface area contributed by atoms with Gasteiger partial charge in [-0.25, -0.2) is 0 Å². The van der Waals surface area contributed by atoms with Gasteiger partial charge in [0.1, 0.15) is 5.60 Å². The standard InChI is InChI=1S/C6H11NO2/c1-6(9)3-4-7(2)5(6)8/h9H,3-4H2,1-2H3/t6-/m0/s1. The van der Waals surface area contributed by atoms with E-state index in [-0.39, 0.29) is 5.91 Å². The SMILES string of the molecule is CN1CC[C@](C)(O)C1=O. The lowest BCUT2D eigenvalue weighted by Gasteiger charge is -2.13. The van der Waals surface area contributed by atoms with Gasteiger partial charge in [0.05, 0.1) is 0 Å². The number of hydrogen-bond acceptors (Lipinski definition) is 2. The van der Waals surface area contributed by atoms with Crippen molar-refractivity contribution in [3.63, 3.8) is 0 Å². The number of rotatable bonds is 0. The van der Waals surface area contributed by atoms with Crippen LogP contribution in [0.15, 0.2) is 0 Å². The summed E-state index contributed by atoms with van der Waals surface area (Å²) in [5, 5.41) is 9.24. The second-order valence-electron chi connectivity index (χ2n) is 2.75. The number of nitrogens with zero attached hydrogens (tertiary/aromatic N) is 1. The summed E-state index contributed by atoms with van der Waals surface area (Å²) in [4.78, 5) is 12.4. The minimum Gasteiger partial charge on any atom is -0.380 e. The molecular formula is C6H11NO2. The summed E-state index contributed by atoms with van der Waals surface area (Å²) in [5.74, 6) is -0.164. The molecule has 3 nitrogen and oxygen atoms in total. The Morgan fingerprint density at radius 3 is 2.44 bits per heavy atom. The zero-order valence-corrected chi connectivity index (χ0v) is 5.72. The second kappa shape index (κ2) is 1.70. The Hall–Kier alpha value is -0.570. The summed E-state index contributed by atoms with van der Waals surface area (Å²) < 4.78 is 0. The molecule has 1 heterocycles. The molecule has 52 valence electrons. The Morgan fingerprint density at radius 2 is 2.33 bits per heavy atom. The van der Waals surface area contributed by atoms with E-state index in [0.717, 1.165) is 0 Å². The highest BCUT2D eigenvalue weighted by molar-refractivity contribution is 5.86. The summed E-state index contributed by atoms with van der Waals surface area (Å²) in [6.07, 6.45) is 0.558. The molecule has 1 fully saturated rings. The number of amides is 1. The fraction of sp³-hybridized carbons (Fsp3) is 0.833. The molecule has 0 aromatic rings. The van der Waals surface area contributed by atoms with Crippen molar-refractivity contribution in [2.75, 3.05) is 13.6 Å². The van der Waals surface area contributed by atoms with Crippen LogP contribution in [0.25, 0.3) is 0 Å². The first kappa shape index (κ1) is 6.55. The highest BCUT2D eigenvalue weighted by atomic mass is 16.3. The largest absolute Gasteiger partial charge is 0.380 e. The third-order valence-corrected chi connectivity index (χ3v) is 1.74. The number of carbonyl (C=O) groups is 1. The van der Waals surface area contributed by atoms with Gasteiger partial charge >= 0.3 is 0 Å². The molecule has 1 aliphatic heterocycles. The molecule has 1 N–H and O–H groups in total. The van der Waals surface area contributed by atoms with Gasteiger partial charge in [0.25, 0.3) is 5.91 Å². The van der Waals surface area contributed by atoms with Crippen LogP contribution < -0.4 is 0 Å². The maximum atomic E-state index is 10.9. The lowest BCUT2D eigenvalue weighted by Crippen LogP contribution is -2.35. The fourth-order valence-electron chi connectivity index (χ4n) is 1.01. The van der Waals surface area contributed by atoms with Crippen LogP contribution >= 0.6 is 0 Å². The van der Waals surface area contributed by atoms with E-state index in [9.17, 15) is 9.90 Å². The Morgan fingerprint density at radius 1 is 1.78 bits per heavy atom. The highest BCUT2D eigenvalue weighted by Crippen LogP contribution is 2.19. The van der Waals surface area contributed by atoms with Gasteiger partial charge in [-0.15, -0.1) is 0 Å². The Kier molecular flexibility index (Phi) is 1.24. The van der Waals surface area contributed by atoms with Gasteiger partial charge in [-0.3, -0.25) is 4.79 Å². The van der Waals surface area contributed by atoms with Crippen LogP contribution in [-0.4, -0.2) is 35.1 Å². The topological polar surface area (TPSA) is 40.5 Å².